The molecule has 2 aromatic rings. The monoisotopic (exact) mass is 319 g/mol. The first-order valence-corrected chi connectivity index (χ1v) is 6.99. The number of halogens is 1. The van der Waals surface area contributed by atoms with Gasteiger partial charge in [-0.25, -0.2) is 0 Å². The number of fused-ring (bicyclic) bond motifs is 1. The first-order valence-electron chi connectivity index (χ1n) is 6.20. The summed E-state index contributed by atoms with van der Waals surface area (Å²) in [6, 6.07) is 14.1. The minimum absolute atomic E-state index is 0.612. The molecular weight excluding hydrogens is 306 g/mol. The van der Waals surface area contributed by atoms with Crippen LogP contribution in [-0.2, 0) is 6.54 Å². The van der Waals surface area contributed by atoms with Gasteiger partial charge in [0.1, 0.15) is 13.2 Å². The van der Waals surface area contributed by atoms with E-state index >= 15 is 0 Å². The zero-order valence-corrected chi connectivity index (χ0v) is 11.9. The van der Waals surface area contributed by atoms with E-state index in [9.17, 15) is 0 Å². The van der Waals surface area contributed by atoms with Gasteiger partial charge in [0.2, 0.25) is 0 Å². The number of hydrogen-bond acceptors (Lipinski definition) is 3. The van der Waals surface area contributed by atoms with Crippen LogP contribution in [-0.4, -0.2) is 13.2 Å². The summed E-state index contributed by atoms with van der Waals surface area (Å²) in [5.41, 5.74) is 2.18. The third-order valence-corrected chi connectivity index (χ3v) is 3.45. The molecule has 0 aliphatic carbocycles. The Balaban J connectivity index is 1.77. The van der Waals surface area contributed by atoms with Gasteiger partial charge in [-0.05, 0) is 24.3 Å². The van der Waals surface area contributed by atoms with E-state index in [-0.39, 0.29) is 0 Å². The molecule has 0 atom stereocenters. The average Bonchev–Trinajstić information content (AvgIpc) is 2.45. The molecule has 0 spiro atoms. The highest BCUT2D eigenvalue weighted by Gasteiger charge is 2.14. The predicted molar refractivity (Wildman–Crippen MR) is 78.9 cm³/mol. The lowest BCUT2D eigenvalue weighted by molar-refractivity contribution is 0.170. The van der Waals surface area contributed by atoms with Crippen molar-refractivity contribution < 1.29 is 9.47 Å². The maximum absolute atomic E-state index is 5.69. The Morgan fingerprint density at radius 3 is 2.79 bits per heavy atom. The zero-order chi connectivity index (χ0) is 13.1. The molecule has 4 heteroatoms. The van der Waals surface area contributed by atoms with E-state index in [4.69, 9.17) is 9.47 Å². The van der Waals surface area contributed by atoms with Gasteiger partial charge in [-0.15, -0.1) is 0 Å². The molecule has 0 saturated heterocycles. The van der Waals surface area contributed by atoms with Gasteiger partial charge < -0.3 is 14.8 Å². The minimum Gasteiger partial charge on any atom is -0.486 e. The Hall–Kier alpha value is -1.68. The van der Waals surface area contributed by atoms with Crippen LogP contribution in [0, 0.1) is 0 Å². The summed E-state index contributed by atoms with van der Waals surface area (Å²) in [6.45, 7) is 1.94. The Kier molecular flexibility index (Phi) is 3.60. The van der Waals surface area contributed by atoms with Gasteiger partial charge in [0.25, 0.3) is 0 Å². The highest BCUT2D eigenvalue weighted by Crippen LogP contribution is 2.34. The molecule has 0 amide bonds. The molecule has 2 aromatic carbocycles. The van der Waals surface area contributed by atoms with E-state index < -0.39 is 0 Å². The van der Waals surface area contributed by atoms with Crippen LogP contribution < -0.4 is 14.8 Å². The predicted octanol–water partition coefficient (Wildman–Crippen LogP) is 3.83. The number of anilines is 1. The largest absolute Gasteiger partial charge is 0.486 e. The van der Waals surface area contributed by atoms with Crippen molar-refractivity contribution >= 4 is 21.6 Å². The van der Waals surface area contributed by atoms with Crippen LogP contribution in [0.4, 0.5) is 5.69 Å². The van der Waals surface area contributed by atoms with Crippen LogP contribution in [0.5, 0.6) is 11.5 Å². The zero-order valence-electron chi connectivity index (χ0n) is 10.4. The van der Waals surface area contributed by atoms with Crippen LogP contribution in [0.1, 0.15) is 5.56 Å². The van der Waals surface area contributed by atoms with E-state index in [1.54, 1.807) is 0 Å². The van der Waals surface area contributed by atoms with Crippen LogP contribution in [0.2, 0.25) is 0 Å². The summed E-state index contributed by atoms with van der Waals surface area (Å²) in [6.07, 6.45) is 0. The van der Waals surface area contributed by atoms with Gasteiger partial charge >= 0.3 is 0 Å². The second-order valence-corrected chi connectivity index (χ2v) is 5.22. The number of nitrogens with one attached hydrogen (secondary N) is 1. The van der Waals surface area contributed by atoms with Crippen LogP contribution in [0.15, 0.2) is 46.9 Å². The molecule has 1 heterocycles. The maximum Gasteiger partial charge on any atom is 0.166 e. The van der Waals surface area contributed by atoms with E-state index in [2.05, 4.69) is 27.3 Å². The molecular formula is C15H14BrNO2. The second-order valence-electron chi connectivity index (χ2n) is 4.31. The molecule has 0 saturated carbocycles. The quantitative estimate of drug-likeness (QED) is 0.932. The molecule has 98 valence electrons. The van der Waals surface area contributed by atoms with Gasteiger partial charge in [-0.1, -0.05) is 34.1 Å². The third kappa shape index (κ3) is 2.84. The van der Waals surface area contributed by atoms with Crippen LogP contribution >= 0.6 is 15.9 Å². The number of hydrogen-bond donors (Lipinski definition) is 1. The van der Waals surface area contributed by atoms with Crippen molar-refractivity contribution in [3.8, 4) is 11.5 Å². The Morgan fingerprint density at radius 1 is 1.05 bits per heavy atom. The SMILES string of the molecule is Brc1cccc(NCc2cccc3c2OCCO3)c1. The van der Waals surface area contributed by atoms with Gasteiger partial charge in [-0.2, -0.15) is 0 Å². The molecule has 0 bridgehead atoms. The number of benzene rings is 2. The van der Waals surface area contributed by atoms with E-state index in [1.165, 1.54) is 0 Å². The third-order valence-electron chi connectivity index (χ3n) is 2.96. The summed E-state index contributed by atoms with van der Waals surface area (Å²) in [5.74, 6) is 1.69. The number of ether oxygens (including phenoxy) is 2. The molecule has 3 rings (SSSR count). The van der Waals surface area contributed by atoms with Crippen molar-refractivity contribution in [3.63, 3.8) is 0 Å². The summed E-state index contributed by atoms with van der Waals surface area (Å²) < 4.78 is 12.3. The fraction of sp³-hybridized carbons (Fsp3) is 0.200. The molecule has 0 radical (unpaired) electrons. The lowest BCUT2D eigenvalue weighted by Crippen LogP contribution is -2.17. The molecule has 0 fully saturated rings. The van der Waals surface area contributed by atoms with Gasteiger partial charge in [-0.3, -0.25) is 0 Å². The fourth-order valence-electron chi connectivity index (χ4n) is 2.07. The van der Waals surface area contributed by atoms with Crippen molar-refractivity contribution in [2.45, 2.75) is 6.54 Å². The molecule has 0 aromatic heterocycles. The van der Waals surface area contributed by atoms with Crippen molar-refractivity contribution in [2.75, 3.05) is 18.5 Å². The lowest BCUT2D eigenvalue weighted by Gasteiger charge is -2.21. The normalized spacial score (nSPS) is 13.1. The first kappa shape index (κ1) is 12.4. The average molecular weight is 320 g/mol. The van der Waals surface area contributed by atoms with Crippen molar-refractivity contribution in [1.82, 2.24) is 0 Å². The van der Waals surface area contributed by atoms with Crippen LogP contribution in [0.3, 0.4) is 0 Å². The van der Waals surface area contributed by atoms with Crippen molar-refractivity contribution in [1.29, 1.82) is 0 Å². The van der Waals surface area contributed by atoms with Gasteiger partial charge in [0, 0.05) is 22.3 Å². The maximum atomic E-state index is 5.69. The molecule has 1 aliphatic rings. The summed E-state index contributed by atoms with van der Waals surface area (Å²) in [5, 5.41) is 3.39. The van der Waals surface area contributed by atoms with Gasteiger partial charge in [0.05, 0.1) is 0 Å². The molecule has 1 N–H and O–H groups in total. The molecule has 1 aliphatic heterocycles. The van der Waals surface area contributed by atoms with Crippen molar-refractivity contribution in [3.05, 3.63) is 52.5 Å². The number of rotatable bonds is 3. The lowest BCUT2D eigenvalue weighted by atomic mass is 10.1. The smallest absolute Gasteiger partial charge is 0.166 e. The Bertz CT molecular complexity index is 586. The fourth-order valence-corrected chi connectivity index (χ4v) is 2.47. The van der Waals surface area contributed by atoms with Crippen molar-refractivity contribution in [2.24, 2.45) is 0 Å². The molecule has 0 unspecified atom stereocenters. The second kappa shape index (κ2) is 5.53. The topological polar surface area (TPSA) is 30.5 Å². The minimum atomic E-state index is 0.612. The first-order chi connectivity index (χ1) is 9.33. The highest BCUT2D eigenvalue weighted by atomic mass is 79.9. The highest BCUT2D eigenvalue weighted by molar-refractivity contribution is 9.10. The van der Waals surface area contributed by atoms with E-state index in [0.29, 0.717) is 19.8 Å². The Morgan fingerprint density at radius 2 is 1.89 bits per heavy atom. The molecule has 19 heavy (non-hydrogen) atoms. The summed E-state index contributed by atoms with van der Waals surface area (Å²) in [4.78, 5) is 0. The molecule has 3 nitrogen and oxygen atoms in total. The van der Waals surface area contributed by atoms with E-state index in [1.807, 2.05) is 36.4 Å². The number of para-hydroxylation sites is 1. The van der Waals surface area contributed by atoms with Gasteiger partial charge in [0.15, 0.2) is 11.5 Å². The van der Waals surface area contributed by atoms with Crippen LogP contribution in [0.25, 0.3) is 0 Å². The Labute approximate surface area is 120 Å². The van der Waals surface area contributed by atoms with E-state index in [0.717, 1.165) is 27.2 Å². The summed E-state index contributed by atoms with van der Waals surface area (Å²) >= 11 is 3.46. The standard InChI is InChI=1S/C15H14BrNO2/c16-12-4-2-5-13(9-12)17-10-11-3-1-6-14-15(11)19-8-7-18-14/h1-6,9,17H,7-8,10H2. The summed E-state index contributed by atoms with van der Waals surface area (Å²) in [7, 11) is 0.